The second kappa shape index (κ2) is 5.99. The van der Waals surface area contributed by atoms with Crippen LogP contribution in [0.1, 0.15) is 32.0 Å². The number of rotatable bonds is 5. The summed E-state index contributed by atoms with van der Waals surface area (Å²) in [4.78, 5) is 36.1. The van der Waals surface area contributed by atoms with Crippen LogP contribution in [0.5, 0.6) is 0 Å². The molecule has 2 atom stereocenters. The fraction of sp³-hybridized carbons (Fsp3) is 0.353. The fourth-order valence-electron chi connectivity index (χ4n) is 3.50. The molecule has 1 fully saturated rings. The van der Waals surface area contributed by atoms with Crippen LogP contribution in [-0.4, -0.2) is 26.8 Å². The minimum absolute atomic E-state index is 0.0989. The number of hydrogen-bond donors (Lipinski definition) is 2. The van der Waals surface area contributed by atoms with E-state index in [4.69, 9.17) is 0 Å². The summed E-state index contributed by atoms with van der Waals surface area (Å²) in [6.07, 6.45) is 7.52. The maximum atomic E-state index is 11.6. The second-order valence-corrected chi connectivity index (χ2v) is 6.13. The largest absolute Gasteiger partial charge is 0.291 e. The molecule has 7 nitrogen and oxygen atoms in total. The van der Waals surface area contributed by atoms with E-state index < -0.39 is 11.8 Å². The number of nitrogens with one attached hydrogen (secondary N) is 2. The topological polar surface area (TPSA) is 96.9 Å². The average Bonchev–Trinajstić information content (AvgIpc) is 3.12. The van der Waals surface area contributed by atoms with Crippen molar-refractivity contribution in [3.8, 4) is 0 Å². The van der Waals surface area contributed by atoms with Crippen molar-refractivity contribution in [3.05, 3.63) is 42.8 Å². The van der Waals surface area contributed by atoms with Gasteiger partial charge in [0.1, 0.15) is 5.82 Å². The van der Waals surface area contributed by atoms with Crippen LogP contribution in [0.25, 0.3) is 0 Å². The molecule has 1 heterocycles. The van der Waals surface area contributed by atoms with Crippen molar-refractivity contribution >= 4 is 23.7 Å². The van der Waals surface area contributed by atoms with Crippen LogP contribution >= 0.6 is 0 Å². The highest BCUT2D eigenvalue weighted by molar-refractivity contribution is 5.99. The summed E-state index contributed by atoms with van der Waals surface area (Å²) in [7, 11) is 0. The third-order valence-electron chi connectivity index (χ3n) is 4.70. The number of anilines is 2. The Morgan fingerprint density at radius 1 is 1.17 bits per heavy atom. The lowest BCUT2D eigenvalue weighted by Gasteiger charge is -2.27. The molecule has 2 bridgehead atoms. The molecule has 0 aromatic carbocycles. The molecule has 1 aromatic rings. The maximum Gasteiger partial charge on any atom is 0.250 e. The molecule has 0 radical (unpaired) electrons. The normalized spacial score (nSPS) is 24.2. The highest BCUT2D eigenvalue weighted by Crippen LogP contribution is 2.54. The third kappa shape index (κ3) is 2.73. The molecule has 2 unspecified atom stereocenters. The number of allylic oxidation sites excluding steroid dienone is 2. The number of nitrogens with zero attached hydrogens (tertiary/aromatic N) is 3. The predicted octanol–water partition coefficient (Wildman–Crippen LogP) is 2.12. The van der Waals surface area contributed by atoms with Crippen LogP contribution in [0, 0.1) is 5.92 Å². The zero-order valence-corrected chi connectivity index (χ0v) is 13.5. The lowest BCUT2D eigenvalue weighted by Crippen LogP contribution is -2.27. The van der Waals surface area contributed by atoms with E-state index in [1.807, 2.05) is 0 Å². The van der Waals surface area contributed by atoms with Crippen LogP contribution in [0.4, 0.5) is 11.9 Å². The van der Waals surface area contributed by atoms with Crippen molar-refractivity contribution in [1.82, 2.24) is 15.0 Å². The van der Waals surface area contributed by atoms with Gasteiger partial charge in [-0.1, -0.05) is 24.8 Å². The summed E-state index contributed by atoms with van der Waals surface area (Å²) in [5.41, 5.74) is 0.988. The summed E-state index contributed by atoms with van der Waals surface area (Å²) >= 11 is 0. The molecule has 0 saturated heterocycles. The molecule has 0 aliphatic heterocycles. The summed E-state index contributed by atoms with van der Waals surface area (Å²) in [5, 5.41) is 5.08. The molecule has 2 N–H and O–H groups in total. The Kier molecular flexibility index (Phi) is 4.01. The van der Waals surface area contributed by atoms with Crippen LogP contribution in [0.15, 0.2) is 37.0 Å². The van der Waals surface area contributed by atoms with E-state index in [9.17, 15) is 9.59 Å². The number of fused-ring (bicyclic) bond motifs is 2. The first-order chi connectivity index (χ1) is 11.5. The van der Waals surface area contributed by atoms with Crippen molar-refractivity contribution in [2.24, 2.45) is 5.92 Å². The highest BCUT2D eigenvalue weighted by Gasteiger charge is 2.48. The fourth-order valence-corrected chi connectivity index (χ4v) is 3.50. The van der Waals surface area contributed by atoms with E-state index in [0.717, 1.165) is 31.4 Å². The molecule has 2 aliphatic carbocycles. The minimum Gasteiger partial charge on any atom is -0.291 e. The van der Waals surface area contributed by atoms with E-state index in [2.05, 4.69) is 51.7 Å². The Morgan fingerprint density at radius 2 is 1.75 bits per heavy atom. The molecule has 7 heteroatoms. The number of carbonyl (C=O) groups is 2. The van der Waals surface area contributed by atoms with Gasteiger partial charge in [0.25, 0.3) is 0 Å². The standard InChI is InChI=1S/C17H19N5O2/c1-4-12(23)18-15-20-14(21-16(22-15)19-13(24)5-2)17-7-6-11(9-17)8-10(17)3/h4-5,8,11H,1-2,6-7,9H2,3H3,(H2,18,19,20,21,22,23,24). The van der Waals surface area contributed by atoms with Gasteiger partial charge < -0.3 is 0 Å². The molecule has 1 aromatic heterocycles. The third-order valence-corrected chi connectivity index (χ3v) is 4.70. The van der Waals surface area contributed by atoms with Gasteiger partial charge in [-0.3, -0.25) is 20.2 Å². The molecule has 2 aliphatic rings. The van der Waals surface area contributed by atoms with Crippen molar-refractivity contribution < 1.29 is 9.59 Å². The quantitative estimate of drug-likeness (QED) is 0.638. The molecule has 0 spiro atoms. The summed E-state index contributed by atoms with van der Waals surface area (Å²) in [6.45, 7) is 8.90. The Bertz CT molecular complexity index is 730. The van der Waals surface area contributed by atoms with Gasteiger partial charge in [0.15, 0.2) is 0 Å². The number of aromatic nitrogens is 3. The summed E-state index contributed by atoms with van der Waals surface area (Å²) in [6, 6.07) is 0. The number of hydrogen-bond acceptors (Lipinski definition) is 5. The lowest BCUT2D eigenvalue weighted by molar-refractivity contribution is -0.112. The number of carbonyl (C=O) groups excluding carboxylic acids is 2. The monoisotopic (exact) mass is 325 g/mol. The van der Waals surface area contributed by atoms with Gasteiger partial charge in [-0.05, 0) is 44.3 Å². The molecule has 3 rings (SSSR count). The smallest absolute Gasteiger partial charge is 0.250 e. The van der Waals surface area contributed by atoms with Crippen LogP contribution in [-0.2, 0) is 15.0 Å². The zero-order chi connectivity index (χ0) is 17.3. The van der Waals surface area contributed by atoms with Crippen LogP contribution in [0.3, 0.4) is 0 Å². The van der Waals surface area contributed by atoms with E-state index in [1.165, 1.54) is 5.57 Å². The lowest BCUT2D eigenvalue weighted by atomic mass is 9.80. The number of amides is 2. The predicted molar refractivity (Wildman–Crippen MR) is 90.3 cm³/mol. The molecular formula is C17H19N5O2. The van der Waals surface area contributed by atoms with Gasteiger partial charge >= 0.3 is 0 Å². The van der Waals surface area contributed by atoms with Crippen molar-refractivity contribution in [2.45, 2.75) is 31.6 Å². The minimum atomic E-state index is -0.423. The SMILES string of the molecule is C=CC(=O)Nc1nc(NC(=O)C=C)nc(C23CCC(C=C2C)C3)n1. The van der Waals surface area contributed by atoms with Gasteiger partial charge in [0, 0.05) is 0 Å². The highest BCUT2D eigenvalue weighted by atomic mass is 16.2. The maximum absolute atomic E-state index is 11.6. The molecule has 124 valence electrons. The first-order valence-electron chi connectivity index (χ1n) is 7.79. The first kappa shape index (κ1) is 16.0. The molecular weight excluding hydrogens is 306 g/mol. The molecule has 2 amide bonds. The molecule has 24 heavy (non-hydrogen) atoms. The summed E-state index contributed by atoms with van der Waals surface area (Å²) in [5.74, 6) is 0.468. The van der Waals surface area contributed by atoms with Crippen LogP contribution < -0.4 is 10.6 Å². The Morgan fingerprint density at radius 3 is 2.17 bits per heavy atom. The molecule has 1 saturated carbocycles. The van der Waals surface area contributed by atoms with E-state index in [-0.39, 0.29) is 17.3 Å². The van der Waals surface area contributed by atoms with Crippen molar-refractivity contribution in [3.63, 3.8) is 0 Å². The van der Waals surface area contributed by atoms with E-state index in [1.54, 1.807) is 0 Å². The summed E-state index contributed by atoms with van der Waals surface area (Å²) < 4.78 is 0. The first-order valence-corrected chi connectivity index (χ1v) is 7.79. The van der Waals surface area contributed by atoms with Crippen molar-refractivity contribution in [1.29, 1.82) is 0 Å². The van der Waals surface area contributed by atoms with Gasteiger partial charge in [0.2, 0.25) is 23.7 Å². The second-order valence-electron chi connectivity index (χ2n) is 6.13. The van der Waals surface area contributed by atoms with Gasteiger partial charge in [-0.2, -0.15) is 15.0 Å². The zero-order valence-electron chi connectivity index (χ0n) is 13.5. The van der Waals surface area contributed by atoms with Gasteiger partial charge in [0.05, 0.1) is 5.41 Å². The average molecular weight is 325 g/mol. The van der Waals surface area contributed by atoms with Gasteiger partial charge in [-0.15, -0.1) is 0 Å². The Labute approximate surface area is 140 Å². The van der Waals surface area contributed by atoms with E-state index >= 15 is 0 Å². The van der Waals surface area contributed by atoms with Crippen molar-refractivity contribution in [2.75, 3.05) is 10.6 Å². The van der Waals surface area contributed by atoms with Gasteiger partial charge in [-0.25, -0.2) is 0 Å². The Hall–Kier alpha value is -2.83. The van der Waals surface area contributed by atoms with Crippen LogP contribution in [0.2, 0.25) is 0 Å². The van der Waals surface area contributed by atoms with E-state index in [0.29, 0.717) is 11.7 Å². The Balaban J connectivity index is 2.03.